The molecule has 0 amide bonds. The molecule has 1 aromatic rings. The standard InChI is InChI=1S/C17H32N2S/c1-12(10-16(2,3)4)8-13(18)9-15-19-14(11-20-15)17(5,6)7/h11-13H,8-10,18H2,1-7H3. The molecule has 2 atom stereocenters. The summed E-state index contributed by atoms with van der Waals surface area (Å²) in [6, 6.07) is 0.228. The molecule has 2 nitrogen and oxygen atoms in total. The van der Waals surface area contributed by atoms with Gasteiger partial charge in [-0.2, -0.15) is 0 Å². The number of thiazole rings is 1. The van der Waals surface area contributed by atoms with E-state index in [1.54, 1.807) is 11.3 Å². The van der Waals surface area contributed by atoms with Crippen molar-refractivity contribution in [3.05, 3.63) is 16.1 Å². The molecule has 0 aliphatic rings. The van der Waals surface area contributed by atoms with Crippen LogP contribution in [0.3, 0.4) is 0 Å². The Morgan fingerprint density at radius 2 is 1.80 bits per heavy atom. The zero-order valence-corrected chi connectivity index (χ0v) is 15.1. The lowest BCUT2D eigenvalue weighted by atomic mass is 9.83. The molecule has 0 aliphatic heterocycles. The predicted molar refractivity (Wildman–Crippen MR) is 90.3 cm³/mol. The van der Waals surface area contributed by atoms with Gasteiger partial charge in [0.25, 0.3) is 0 Å². The molecule has 0 spiro atoms. The van der Waals surface area contributed by atoms with Crippen LogP contribution in [-0.4, -0.2) is 11.0 Å². The van der Waals surface area contributed by atoms with Gasteiger partial charge in [-0.1, -0.05) is 48.5 Å². The second-order valence-corrected chi connectivity index (χ2v) is 9.39. The second kappa shape index (κ2) is 6.57. The molecule has 0 aromatic carbocycles. The molecule has 2 N–H and O–H groups in total. The number of nitrogens with zero attached hydrogens (tertiary/aromatic N) is 1. The van der Waals surface area contributed by atoms with Gasteiger partial charge in [-0.05, 0) is 24.2 Å². The number of hydrogen-bond acceptors (Lipinski definition) is 3. The van der Waals surface area contributed by atoms with Gasteiger partial charge < -0.3 is 5.73 Å². The molecule has 1 aromatic heterocycles. The minimum Gasteiger partial charge on any atom is -0.327 e. The van der Waals surface area contributed by atoms with Crippen molar-refractivity contribution in [2.24, 2.45) is 17.1 Å². The summed E-state index contributed by atoms with van der Waals surface area (Å²) in [6.07, 6.45) is 3.22. The van der Waals surface area contributed by atoms with Gasteiger partial charge >= 0.3 is 0 Å². The average Bonchev–Trinajstić information content (AvgIpc) is 2.61. The average molecular weight is 297 g/mol. The van der Waals surface area contributed by atoms with Crippen LogP contribution in [0.2, 0.25) is 0 Å². The van der Waals surface area contributed by atoms with E-state index in [-0.39, 0.29) is 11.5 Å². The van der Waals surface area contributed by atoms with Crippen molar-refractivity contribution in [3.63, 3.8) is 0 Å². The third-order valence-corrected chi connectivity index (χ3v) is 4.29. The maximum atomic E-state index is 6.31. The number of hydrogen-bond donors (Lipinski definition) is 1. The number of aromatic nitrogens is 1. The van der Waals surface area contributed by atoms with Crippen LogP contribution in [0.5, 0.6) is 0 Å². The molecule has 0 radical (unpaired) electrons. The Morgan fingerprint density at radius 1 is 1.20 bits per heavy atom. The predicted octanol–water partition coefficient (Wildman–Crippen LogP) is 4.77. The number of nitrogens with two attached hydrogens (primary N) is 1. The molecule has 2 unspecified atom stereocenters. The van der Waals surface area contributed by atoms with Gasteiger partial charge in [-0.15, -0.1) is 11.3 Å². The molecule has 0 bridgehead atoms. The fourth-order valence-corrected chi connectivity index (χ4v) is 3.82. The van der Waals surface area contributed by atoms with Crippen LogP contribution in [0.15, 0.2) is 5.38 Å². The Kier molecular flexibility index (Phi) is 5.79. The Morgan fingerprint density at radius 3 is 2.25 bits per heavy atom. The summed E-state index contributed by atoms with van der Waals surface area (Å²) in [7, 11) is 0. The molecule has 0 fully saturated rings. The first kappa shape index (κ1) is 17.6. The van der Waals surface area contributed by atoms with Gasteiger partial charge in [-0.25, -0.2) is 4.98 Å². The smallest absolute Gasteiger partial charge is 0.0943 e. The third-order valence-electron chi connectivity index (χ3n) is 3.42. The van der Waals surface area contributed by atoms with Crippen LogP contribution < -0.4 is 5.73 Å². The van der Waals surface area contributed by atoms with Crippen LogP contribution in [0.4, 0.5) is 0 Å². The highest BCUT2D eigenvalue weighted by molar-refractivity contribution is 7.09. The SMILES string of the molecule is CC(CC(N)Cc1nc(C(C)(C)C)cs1)CC(C)(C)C. The van der Waals surface area contributed by atoms with Gasteiger partial charge in [0.1, 0.15) is 0 Å². The van der Waals surface area contributed by atoms with E-state index in [9.17, 15) is 0 Å². The highest BCUT2D eigenvalue weighted by Crippen LogP contribution is 2.28. The minimum atomic E-state index is 0.137. The van der Waals surface area contributed by atoms with Crippen LogP contribution in [-0.2, 0) is 11.8 Å². The van der Waals surface area contributed by atoms with Crippen molar-refractivity contribution in [1.82, 2.24) is 4.98 Å². The molecule has 3 heteroatoms. The fraction of sp³-hybridized carbons (Fsp3) is 0.824. The summed E-state index contributed by atoms with van der Waals surface area (Å²) >= 11 is 1.75. The van der Waals surface area contributed by atoms with E-state index in [0.717, 1.165) is 12.8 Å². The van der Waals surface area contributed by atoms with E-state index in [1.165, 1.54) is 17.1 Å². The first-order chi connectivity index (χ1) is 8.97. The van der Waals surface area contributed by atoms with Gasteiger partial charge in [0.2, 0.25) is 0 Å². The highest BCUT2D eigenvalue weighted by Gasteiger charge is 2.20. The fourth-order valence-electron chi connectivity index (χ4n) is 2.70. The lowest BCUT2D eigenvalue weighted by Gasteiger charge is -2.25. The van der Waals surface area contributed by atoms with Crippen LogP contribution in [0.25, 0.3) is 0 Å². The Bertz CT molecular complexity index is 409. The van der Waals surface area contributed by atoms with E-state index < -0.39 is 0 Å². The molecule has 20 heavy (non-hydrogen) atoms. The molecule has 0 aliphatic carbocycles. The first-order valence-corrected chi connectivity index (χ1v) is 8.56. The minimum absolute atomic E-state index is 0.137. The second-order valence-electron chi connectivity index (χ2n) is 8.45. The summed E-state index contributed by atoms with van der Waals surface area (Å²) in [5, 5.41) is 3.37. The van der Waals surface area contributed by atoms with Crippen molar-refractivity contribution < 1.29 is 0 Å². The zero-order chi connectivity index (χ0) is 15.6. The highest BCUT2D eigenvalue weighted by atomic mass is 32.1. The summed E-state index contributed by atoms with van der Waals surface area (Å²) in [4.78, 5) is 4.74. The van der Waals surface area contributed by atoms with Crippen molar-refractivity contribution in [1.29, 1.82) is 0 Å². The Balaban J connectivity index is 2.50. The molecular formula is C17H32N2S. The third kappa shape index (κ3) is 6.36. The first-order valence-electron chi connectivity index (χ1n) is 7.68. The van der Waals surface area contributed by atoms with E-state index in [1.807, 2.05) is 0 Å². The zero-order valence-electron chi connectivity index (χ0n) is 14.3. The van der Waals surface area contributed by atoms with Crippen molar-refractivity contribution in [2.45, 2.75) is 79.2 Å². The van der Waals surface area contributed by atoms with Gasteiger partial charge in [0.05, 0.1) is 10.7 Å². The van der Waals surface area contributed by atoms with Crippen LogP contribution >= 0.6 is 11.3 Å². The van der Waals surface area contributed by atoms with Crippen molar-refractivity contribution in [3.8, 4) is 0 Å². The topological polar surface area (TPSA) is 38.9 Å². The molecular weight excluding hydrogens is 264 g/mol. The van der Waals surface area contributed by atoms with Gasteiger partial charge in [-0.3, -0.25) is 0 Å². The lowest BCUT2D eigenvalue weighted by molar-refractivity contribution is 0.285. The maximum absolute atomic E-state index is 6.31. The van der Waals surface area contributed by atoms with Gasteiger partial charge in [0.15, 0.2) is 0 Å². The lowest BCUT2D eigenvalue weighted by Crippen LogP contribution is -2.27. The van der Waals surface area contributed by atoms with Crippen LogP contribution in [0, 0.1) is 11.3 Å². The number of rotatable bonds is 5. The molecule has 0 saturated heterocycles. The van der Waals surface area contributed by atoms with Gasteiger partial charge in [0, 0.05) is 23.3 Å². The summed E-state index contributed by atoms with van der Waals surface area (Å²) in [5.41, 5.74) is 8.02. The Hall–Kier alpha value is -0.410. The Labute approximate surface area is 129 Å². The summed E-state index contributed by atoms with van der Waals surface area (Å²) in [6.45, 7) is 15.8. The van der Waals surface area contributed by atoms with E-state index in [2.05, 4.69) is 53.8 Å². The normalized spacial score (nSPS) is 16.2. The molecule has 116 valence electrons. The molecule has 1 rings (SSSR count). The van der Waals surface area contributed by atoms with E-state index in [4.69, 9.17) is 10.7 Å². The molecule has 0 saturated carbocycles. The monoisotopic (exact) mass is 296 g/mol. The van der Waals surface area contributed by atoms with E-state index in [0.29, 0.717) is 11.3 Å². The van der Waals surface area contributed by atoms with Crippen LogP contribution in [0.1, 0.15) is 72.0 Å². The summed E-state index contributed by atoms with van der Waals surface area (Å²) < 4.78 is 0. The quantitative estimate of drug-likeness (QED) is 0.849. The van der Waals surface area contributed by atoms with Crippen molar-refractivity contribution in [2.75, 3.05) is 0 Å². The maximum Gasteiger partial charge on any atom is 0.0943 e. The molecule has 1 heterocycles. The van der Waals surface area contributed by atoms with E-state index >= 15 is 0 Å². The largest absolute Gasteiger partial charge is 0.327 e. The van der Waals surface area contributed by atoms with Crippen molar-refractivity contribution >= 4 is 11.3 Å². The summed E-state index contributed by atoms with van der Waals surface area (Å²) in [5.74, 6) is 0.673.